The molecule has 3 nitrogen and oxygen atoms in total. The molecular formula is C9H10F2N2OS. The minimum absolute atomic E-state index is 0.0803. The first-order valence-corrected chi connectivity index (χ1v) is 5.03. The van der Waals surface area contributed by atoms with Crippen LogP contribution in [0.15, 0.2) is 6.20 Å². The Morgan fingerprint density at radius 1 is 1.60 bits per heavy atom. The molecule has 2 rings (SSSR count). The van der Waals surface area contributed by atoms with E-state index in [1.165, 1.54) is 6.20 Å². The second-order valence-electron chi connectivity index (χ2n) is 3.67. The highest BCUT2D eigenvalue weighted by molar-refractivity contribution is 7.71. The summed E-state index contributed by atoms with van der Waals surface area (Å²) in [5.74, 6) is -0.805. The Hall–Kier alpha value is -0.880. The van der Waals surface area contributed by atoms with Crippen LogP contribution >= 0.6 is 12.2 Å². The number of aliphatic hydroxyl groups excluding tert-OH is 1. The fourth-order valence-electron chi connectivity index (χ4n) is 1.85. The summed E-state index contributed by atoms with van der Waals surface area (Å²) in [5.41, 5.74) is 1.17. The normalized spacial score (nSPS) is 25.3. The Bertz CT molecular complexity index is 421. The molecule has 0 saturated carbocycles. The molecule has 82 valence electrons. The fraction of sp³-hybridized carbons (Fsp3) is 0.556. The number of halogens is 2. The highest BCUT2D eigenvalue weighted by Crippen LogP contribution is 2.34. The second kappa shape index (κ2) is 3.94. The van der Waals surface area contributed by atoms with Gasteiger partial charge in [0.1, 0.15) is 0 Å². The number of aliphatic hydroxyl groups is 1. The van der Waals surface area contributed by atoms with Gasteiger partial charge in [-0.2, -0.15) is 0 Å². The van der Waals surface area contributed by atoms with Crippen LogP contribution in [0, 0.1) is 10.7 Å². The third kappa shape index (κ3) is 2.05. The van der Waals surface area contributed by atoms with Crippen molar-refractivity contribution in [3.8, 4) is 0 Å². The number of alkyl halides is 2. The molecule has 6 heteroatoms. The first-order chi connectivity index (χ1) is 7.08. The lowest BCUT2D eigenvalue weighted by Gasteiger charge is -2.27. The van der Waals surface area contributed by atoms with Crippen LogP contribution in [0.1, 0.15) is 23.8 Å². The summed E-state index contributed by atoms with van der Waals surface area (Å²) < 4.78 is 25.3. The van der Waals surface area contributed by atoms with E-state index < -0.39 is 18.4 Å². The zero-order chi connectivity index (χ0) is 11.0. The molecule has 1 aliphatic rings. The number of nitrogens with zero attached hydrogens (tertiary/aromatic N) is 1. The second-order valence-corrected chi connectivity index (χ2v) is 4.06. The highest BCUT2D eigenvalue weighted by Gasteiger charge is 2.31. The molecule has 0 radical (unpaired) electrons. The Morgan fingerprint density at radius 2 is 2.33 bits per heavy atom. The van der Waals surface area contributed by atoms with E-state index in [-0.39, 0.29) is 17.6 Å². The van der Waals surface area contributed by atoms with Crippen molar-refractivity contribution in [2.24, 2.45) is 5.92 Å². The van der Waals surface area contributed by atoms with Crippen LogP contribution in [0.5, 0.6) is 0 Å². The summed E-state index contributed by atoms with van der Waals surface area (Å²) in [6.07, 6.45) is -1.52. The molecule has 1 aliphatic carbocycles. The first kappa shape index (κ1) is 10.6. The summed E-state index contributed by atoms with van der Waals surface area (Å²) >= 11 is 4.80. The van der Waals surface area contributed by atoms with E-state index in [9.17, 15) is 13.9 Å². The Kier molecular flexibility index (Phi) is 2.79. The van der Waals surface area contributed by atoms with E-state index in [2.05, 4.69) is 9.97 Å². The molecule has 1 aromatic rings. The monoisotopic (exact) mass is 232 g/mol. The van der Waals surface area contributed by atoms with Gasteiger partial charge in [0.05, 0.1) is 6.10 Å². The van der Waals surface area contributed by atoms with Crippen molar-refractivity contribution in [2.75, 3.05) is 0 Å². The standard InChI is InChI=1S/C9H10F2N2OS/c10-8(11)4-1-6-5(7(14)2-4)3-12-9(15)13-6/h3-4,7-8,14H,1-2H2,(H,12,13,15). The predicted octanol–water partition coefficient (Wildman–Crippen LogP) is 2.00. The van der Waals surface area contributed by atoms with Crippen molar-refractivity contribution in [3.05, 3.63) is 22.2 Å². The molecule has 2 N–H and O–H groups in total. The van der Waals surface area contributed by atoms with Crippen molar-refractivity contribution in [1.29, 1.82) is 0 Å². The average Bonchev–Trinajstić information content (AvgIpc) is 2.16. The number of hydrogen-bond acceptors (Lipinski definition) is 3. The lowest BCUT2D eigenvalue weighted by atomic mass is 9.86. The number of aromatic nitrogens is 2. The molecule has 0 bridgehead atoms. The third-order valence-electron chi connectivity index (χ3n) is 2.63. The number of aromatic amines is 1. The molecule has 0 saturated heterocycles. The van der Waals surface area contributed by atoms with Gasteiger partial charge in [-0.15, -0.1) is 0 Å². The first-order valence-electron chi connectivity index (χ1n) is 4.62. The maximum Gasteiger partial charge on any atom is 0.241 e. The number of fused-ring (bicyclic) bond motifs is 1. The molecule has 0 fully saturated rings. The van der Waals surface area contributed by atoms with Crippen LogP contribution < -0.4 is 0 Å². The van der Waals surface area contributed by atoms with Gasteiger partial charge in [-0.25, -0.2) is 13.8 Å². The Balaban J connectivity index is 2.37. The van der Waals surface area contributed by atoms with Crippen LogP contribution in [0.4, 0.5) is 8.78 Å². The molecule has 15 heavy (non-hydrogen) atoms. The van der Waals surface area contributed by atoms with Crippen LogP contribution in [-0.4, -0.2) is 21.5 Å². The number of hydrogen-bond donors (Lipinski definition) is 2. The summed E-state index contributed by atoms with van der Waals surface area (Å²) in [6.45, 7) is 0. The summed E-state index contributed by atoms with van der Waals surface area (Å²) in [6, 6.07) is 0. The Labute approximate surface area is 90.2 Å². The minimum atomic E-state index is -2.41. The van der Waals surface area contributed by atoms with Gasteiger partial charge < -0.3 is 10.1 Å². The van der Waals surface area contributed by atoms with Crippen LogP contribution in [-0.2, 0) is 6.42 Å². The van der Waals surface area contributed by atoms with Crippen LogP contribution in [0.25, 0.3) is 0 Å². The zero-order valence-electron chi connectivity index (χ0n) is 7.78. The van der Waals surface area contributed by atoms with Gasteiger partial charge in [0.15, 0.2) is 4.77 Å². The Morgan fingerprint density at radius 3 is 3.00 bits per heavy atom. The lowest BCUT2D eigenvalue weighted by molar-refractivity contribution is 0.0290. The number of rotatable bonds is 1. The number of H-pyrrole nitrogens is 1. The zero-order valence-corrected chi connectivity index (χ0v) is 8.60. The molecule has 1 aromatic heterocycles. The molecule has 2 atom stereocenters. The van der Waals surface area contributed by atoms with Gasteiger partial charge in [0.2, 0.25) is 6.43 Å². The molecule has 0 spiro atoms. The average molecular weight is 232 g/mol. The summed E-state index contributed by atoms with van der Waals surface area (Å²) in [7, 11) is 0. The van der Waals surface area contributed by atoms with Crippen molar-refractivity contribution in [2.45, 2.75) is 25.4 Å². The van der Waals surface area contributed by atoms with Crippen LogP contribution in [0.2, 0.25) is 0 Å². The third-order valence-corrected chi connectivity index (χ3v) is 2.84. The largest absolute Gasteiger partial charge is 0.388 e. The SMILES string of the molecule is OC1CC(C(F)F)Cc2[nH]c(=S)ncc21. The van der Waals surface area contributed by atoms with E-state index in [0.29, 0.717) is 11.3 Å². The quantitative estimate of drug-likeness (QED) is 0.728. The topological polar surface area (TPSA) is 48.9 Å². The molecule has 2 unspecified atom stereocenters. The minimum Gasteiger partial charge on any atom is -0.388 e. The van der Waals surface area contributed by atoms with Gasteiger partial charge in [-0.05, 0) is 25.1 Å². The lowest BCUT2D eigenvalue weighted by Crippen LogP contribution is -2.25. The van der Waals surface area contributed by atoms with Gasteiger partial charge >= 0.3 is 0 Å². The molecule has 0 aliphatic heterocycles. The molecule has 0 amide bonds. The van der Waals surface area contributed by atoms with Gasteiger partial charge in [-0.3, -0.25) is 0 Å². The fourth-order valence-corrected chi connectivity index (χ4v) is 2.02. The highest BCUT2D eigenvalue weighted by atomic mass is 32.1. The maximum absolute atomic E-state index is 12.5. The maximum atomic E-state index is 12.5. The van der Waals surface area contributed by atoms with E-state index >= 15 is 0 Å². The van der Waals surface area contributed by atoms with E-state index in [4.69, 9.17) is 12.2 Å². The summed E-state index contributed by atoms with van der Waals surface area (Å²) in [5, 5.41) is 9.64. The van der Waals surface area contributed by atoms with Gasteiger partial charge in [0, 0.05) is 23.4 Å². The van der Waals surface area contributed by atoms with Crippen molar-refractivity contribution >= 4 is 12.2 Å². The van der Waals surface area contributed by atoms with Crippen molar-refractivity contribution in [1.82, 2.24) is 9.97 Å². The molecule has 1 heterocycles. The van der Waals surface area contributed by atoms with Gasteiger partial charge in [-0.1, -0.05) is 0 Å². The molecular weight excluding hydrogens is 222 g/mol. The predicted molar refractivity (Wildman–Crippen MR) is 52.2 cm³/mol. The summed E-state index contributed by atoms with van der Waals surface area (Å²) in [4.78, 5) is 6.58. The van der Waals surface area contributed by atoms with Crippen molar-refractivity contribution in [3.63, 3.8) is 0 Å². The molecule has 0 aromatic carbocycles. The van der Waals surface area contributed by atoms with E-state index in [1.807, 2.05) is 0 Å². The number of nitrogens with one attached hydrogen (secondary N) is 1. The van der Waals surface area contributed by atoms with Crippen molar-refractivity contribution < 1.29 is 13.9 Å². The van der Waals surface area contributed by atoms with Gasteiger partial charge in [0.25, 0.3) is 0 Å². The smallest absolute Gasteiger partial charge is 0.241 e. The van der Waals surface area contributed by atoms with E-state index in [0.717, 1.165) is 0 Å². The van der Waals surface area contributed by atoms with E-state index in [1.54, 1.807) is 0 Å². The van der Waals surface area contributed by atoms with Crippen LogP contribution in [0.3, 0.4) is 0 Å².